The lowest BCUT2D eigenvalue weighted by Crippen LogP contribution is -2.30. The number of nitro groups is 1. The first-order valence-corrected chi connectivity index (χ1v) is 6.67. The molecule has 1 aromatic carbocycles. The van der Waals surface area contributed by atoms with E-state index in [1.807, 2.05) is 6.92 Å². The Morgan fingerprint density at radius 2 is 2.14 bits per heavy atom. The largest absolute Gasteiger partial charge is 0.467 e. The molecule has 7 heteroatoms. The highest BCUT2D eigenvalue weighted by Gasteiger charge is 2.23. The molecule has 110 valence electrons. The molecule has 1 amide bonds. The molecule has 0 aliphatic heterocycles. The summed E-state index contributed by atoms with van der Waals surface area (Å²) < 4.78 is 5.21. The van der Waals surface area contributed by atoms with Crippen LogP contribution in [0.3, 0.4) is 0 Å². The lowest BCUT2D eigenvalue weighted by Gasteiger charge is -2.20. The molecular weight excluding hydrogens is 296 g/mol. The van der Waals surface area contributed by atoms with Crippen LogP contribution in [0.25, 0.3) is 0 Å². The summed E-state index contributed by atoms with van der Waals surface area (Å²) in [6.45, 7) is 2.52. The van der Waals surface area contributed by atoms with Gasteiger partial charge in [-0.05, 0) is 25.1 Å². The molecule has 0 aliphatic rings. The van der Waals surface area contributed by atoms with Crippen molar-refractivity contribution in [3.63, 3.8) is 0 Å². The van der Waals surface area contributed by atoms with Crippen LogP contribution in [0.2, 0.25) is 5.02 Å². The topological polar surface area (TPSA) is 76.6 Å². The van der Waals surface area contributed by atoms with Crippen molar-refractivity contribution >= 4 is 23.2 Å². The van der Waals surface area contributed by atoms with Gasteiger partial charge in [-0.2, -0.15) is 0 Å². The second-order valence-electron chi connectivity index (χ2n) is 4.29. The van der Waals surface area contributed by atoms with Crippen molar-refractivity contribution in [3.05, 3.63) is 63.1 Å². The minimum absolute atomic E-state index is 0.110. The van der Waals surface area contributed by atoms with Gasteiger partial charge in [-0.25, -0.2) is 0 Å². The number of amides is 1. The number of benzene rings is 1. The zero-order valence-electron chi connectivity index (χ0n) is 11.3. The first-order valence-electron chi connectivity index (χ1n) is 6.29. The molecule has 0 fully saturated rings. The fraction of sp³-hybridized carbons (Fsp3) is 0.214. The molecule has 21 heavy (non-hydrogen) atoms. The van der Waals surface area contributed by atoms with Gasteiger partial charge in [0.2, 0.25) is 0 Å². The Balaban J connectivity index is 2.29. The minimum Gasteiger partial charge on any atom is -0.467 e. The van der Waals surface area contributed by atoms with Crippen LogP contribution in [0.15, 0.2) is 41.0 Å². The van der Waals surface area contributed by atoms with Crippen molar-refractivity contribution in [2.24, 2.45) is 0 Å². The van der Waals surface area contributed by atoms with Crippen LogP contribution in [0.4, 0.5) is 5.69 Å². The van der Waals surface area contributed by atoms with Gasteiger partial charge in [-0.1, -0.05) is 17.7 Å². The standard InChI is InChI=1S/C14H13ClN2O4/c1-2-16(9-10-5-4-8-21-10)14(18)11-6-3-7-12(13(11)15)17(19)20/h3-8H,2,9H2,1H3. The first kappa shape index (κ1) is 15.1. The van der Waals surface area contributed by atoms with E-state index in [2.05, 4.69) is 0 Å². The highest BCUT2D eigenvalue weighted by molar-refractivity contribution is 6.35. The fourth-order valence-corrected chi connectivity index (χ4v) is 2.19. The van der Waals surface area contributed by atoms with E-state index in [0.29, 0.717) is 12.3 Å². The summed E-state index contributed by atoms with van der Waals surface area (Å²) in [6.07, 6.45) is 1.52. The Hall–Kier alpha value is -2.34. The zero-order chi connectivity index (χ0) is 15.4. The van der Waals surface area contributed by atoms with Gasteiger partial charge in [0, 0.05) is 12.6 Å². The second kappa shape index (κ2) is 6.41. The maximum atomic E-state index is 12.5. The van der Waals surface area contributed by atoms with Gasteiger partial charge < -0.3 is 9.32 Å². The van der Waals surface area contributed by atoms with Crippen LogP contribution in [0, 0.1) is 10.1 Å². The lowest BCUT2D eigenvalue weighted by molar-refractivity contribution is -0.384. The van der Waals surface area contributed by atoms with Crippen LogP contribution in [0.5, 0.6) is 0 Å². The average Bonchev–Trinajstić information content (AvgIpc) is 2.97. The van der Waals surface area contributed by atoms with E-state index in [9.17, 15) is 14.9 Å². The van der Waals surface area contributed by atoms with E-state index >= 15 is 0 Å². The number of carbonyl (C=O) groups is 1. The monoisotopic (exact) mass is 308 g/mol. The predicted octanol–water partition coefficient (Wildman–Crippen LogP) is 3.50. The van der Waals surface area contributed by atoms with Crippen LogP contribution in [0.1, 0.15) is 23.0 Å². The SMILES string of the molecule is CCN(Cc1ccco1)C(=O)c1cccc([N+](=O)[O-])c1Cl. The van der Waals surface area contributed by atoms with E-state index in [4.69, 9.17) is 16.0 Å². The smallest absolute Gasteiger partial charge is 0.288 e. The Morgan fingerprint density at radius 1 is 1.38 bits per heavy atom. The van der Waals surface area contributed by atoms with Gasteiger partial charge in [-0.3, -0.25) is 14.9 Å². The summed E-state index contributed by atoms with van der Waals surface area (Å²) in [4.78, 5) is 24.2. The van der Waals surface area contributed by atoms with E-state index in [1.165, 1.54) is 29.4 Å². The van der Waals surface area contributed by atoms with Crippen LogP contribution in [-0.2, 0) is 6.54 Å². The third kappa shape index (κ3) is 3.22. The molecular formula is C14H13ClN2O4. The maximum absolute atomic E-state index is 12.5. The number of nitro benzene ring substituents is 1. The second-order valence-corrected chi connectivity index (χ2v) is 4.67. The number of hydrogen-bond acceptors (Lipinski definition) is 4. The summed E-state index contributed by atoms with van der Waals surface area (Å²) in [6, 6.07) is 7.67. The highest BCUT2D eigenvalue weighted by Crippen LogP contribution is 2.28. The molecule has 2 rings (SSSR count). The molecule has 0 aliphatic carbocycles. The predicted molar refractivity (Wildman–Crippen MR) is 77.2 cm³/mol. The van der Waals surface area contributed by atoms with Crippen LogP contribution >= 0.6 is 11.6 Å². The molecule has 0 radical (unpaired) electrons. The quantitative estimate of drug-likeness (QED) is 0.625. The molecule has 1 aromatic heterocycles. The van der Waals surface area contributed by atoms with Gasteiger partial charge in [0.25, 0.3) is 11.6 Å². The van der Waals surface area contributed by atoms with Crippen molar-refractivity contribution in [2.75, 3.05) is 6.54 Å². The number of rotatable bonds is 5. The van der Waals surface area contributed by atoms with Crippen molar-refractivity contribution in [1.82, 2.24) is 4.90 Å². The number of carbonyl (C=O) groups excluding carboxylic acids is 1. The van der Waals surface area contributed by atoms with Gasteiger partial charge >= 0.3 is 0 Å². The third-order valence-corrected chi connectivity index (χ3v) is 3.40. The third-order valence-electron chi connectivity index (χ3n) is 3.00. The Morgan fingerprint density at radius 3 is 2.71 bits per heavy atom. The van der Waals surface area contributed by atoms with Crippen molar-refractivity contribution in [1.29, 1.82) is 0 Å². The minimum atomic E-state index is -0.609. The van der Waals surface area contributed by atoms with E-state index in [1.54, 1.807) is 12.1 Å². The molecule has 0 spiro atoms. The van der Waals surface area contributed by atoms with Crippen molar-refractivity contribution in [2.45, 2.75) is 13.5 Å². The van der Waals surface area contributed by atoms with Crippen LogP contribution in [-0.4, -0.2) is 22.3 Å². The molecule has 1 heterocycles. The van der Waals surface area contributed by atoms with Crippen molar-refractivity contribution in [3.8, 4) is 0 Å². The molecule has 0 bridgehead atoms. The van der Waals surface area contributed by atoms with Gasteiger partial charge in [0.1, 0.15) is 10.8 Å². The highest BCUT2D eigenvalue weighted by atomic mass is 35.5. The molecule has 0 unspecified atom stereocenters. The number of furan rings is 1. The molecule has 0 saturated carbocycles. The number of hydrogen-bond donors (Lipinski definition) is 0. The maximum Gasteiger partial charge on any atom is 0.288 e. The zero-order valence-corrected chi connectivity index (χ0v) is 12.0. The first-order chi connectivity index (χ1) is 10.0. The normalized spacial score (nSPS) is 10.4. The number of nitrogens with zero attached hydrogens (tertiary/aromatic N) is 2. The lowest BCUT2D eigenvalue weighted by atomic mass is 10.1. The van der Waals surface area contributed by atoms with Gasteiger partial charge in [0.15, 0.2) is 0 Å². The summed E-state index contributed by atoms with van der Waals surface area (Å²) >= 11 is 5.97. The van der Waals surface area contributed by atoms with E-state index in [0.717, 1.165) is 0 Å². The molecule has 0 N–H and O–H groups in total. The van der Waals surface area contributed by atoms with Gasteiger partial charge in [-0.15, -0.1) is 0 Å². The van der Waals surface area contributed by atoms with Gasteiger partial charge in [0.05, 0.1) is 23.3 Å². The summed E-state index contributed by atoms with van der Waals surface area (Å²) in [5.41, 5.74) is -0.171. The molecule has 6 nitrogen and oxygen atoms in total. The van der Waals surface area contributed by atoms with E-state index < -0.39 is 4.92 Å². The summed E-state index contributed by atoms with van der Waals surface area (Å²) in [5.74, 6) is 0.259. The van der Waals surface area contributed by atoms with Crippen LogP contribution < -0.4 is 0 Å². The Labute approximate surface area is 126 Å². The van der Waals surface area contributed by atoms with E-state index in [-0.39, 0.29) is 28.7 Å². The average molecular weight is 309 g/mol. The fourth-order valence-electron chi connectivity index (χ4n) is 1.91. The Kier molecular flexibility index (Phi) is 4.59. The summed E-state index contributed by atoms with van der Waals surface area (Å²) in [7, 11) is 0. The summed E-state index contributed by atoms with van der Waals surface area (Å²) in [5, 5.41) is 10.7. The van der Waals surface area contributed by atoms with Crippen molar-refractivity contribution < 1.29 is 14.1 Å². The number of halogens is 1. The molecule has 2 aromatic rings. The molecule has 0 atom stereocenters. The molecule has 0 saturated heterocycles. The Bertz CT molecular complexity index is 655.